The third-order valence-corrected chi connectivity index (χ3v) is 2.08. The number of carbonyl (C=O) groups is 1. The molecule has 3 heteroatoms. The number of hydrogen-bond acceptors (Lipinski definition) is 2. The largest absolute Gasteiger partial charge is 0.507 e. The molecule has 0 amide bonds. The SMILES string of the molecule is C=Cc1cc(C(=O)O)c(C(=C)C)cc1O. The minimum absolute atomic E-state index is 0.00741. The maximum Gasteiger partial charge on any atom is 0.336 e. The van der Waals surface area contributed by atoms with Crippen molar-refractivity contribution in [2.24, 2.45) is 0 Å². The molecule has 2 N–H and O–H groups in total. The molecule has 0 heterocycles. The fraction of sp³-hybridized carbons (Fsp3) is 0.0833. The van der Waals surface area contributed by atoms with Crippen molar-refractivity contribution in [3.05, 3.63) is 42.0 Å². The Bertz CT molecular complexity index is 444. The lowest BCUT2D eigenvalue weighted by Crippen LogP contribution is -2.01. The second kappa shape index (κ2) is 4.00. The monoisotopic (exact) mass is 204 g/mol. The number of rotatable bonds is 3. The predicted octanol–water partition coefficient (Wildman–Crippen LogP) is 2.77. The number of hydrogen-bond donors (Lipinski definition) is 2. The molecule has 0 spiro atoms. The Morgan fingerprint density at radius 1 is 1.40 bits per heavy atom. The zero-order valence-electron chi connectivity index (χ0n) is 8.45. The summed E-state index contributed by atoms with van der Waals surface area (Å²) < 4.78 is 0. The topological polar surface area (TPSA) is 57.5 Å². The Hall–Kier alpha value is -2.03. The van der Waals surface area contributed by atoms with E-state index in [1.165, 1.54) is 18.2 Å². The van der Waals surface area contributed by atoms with E-state index in [1.807, 2.05) is 0 Å². The van der Waals surface area contributed by atoms with Crippen molar-refractivity contribution in [1.29, 1.82) is 0 Å². The quantitative estimate of drug-likeness (QED) is 0.795. The molecule has 0 saturated heterocycles. The molecule has 0 aliphatic heterocycles. The Labute approximate surface area is 88.0 Å². The van der Waals surface area contributed by atoms with E-state index in [1.54, 1.807) is 6.92 Å². The smallest absolute Gasteiger partial charge is 0.336 e. The normalized spacial score (nSPS) is 9.67. The summed E-state index contributed by atoms with van der Waals surface area (Å²) in [6.45, 7) is 8.85. The van der Waals surface area contributed by atoms with Gasteiger partial charge < -0.3 is 10.2 Å². The summed E-state index contributed by atoms with van der Waals surface area (Å²) in [4.78, 5) is 10.9. The van der Waals surface area contributed by atoms with Crippen molar-refractivity contribution >= 4 is 17.6 Å². The van der Waals surface area contributed by atoms with Crippen LogP contribution < -0.4 is 0 Å². The highest BCUT2D eigenvalue weighted by atomic mass is 16.4. The summed E-state index contributed by atoms with van der Waals surface area (Å²) in [6, 6.07) is 2.78. The minimum atomic E-state index is -1.05. The summed E-state index contributed by atoms with van der Waals surface area (Å²) in [5.41, 5.74) is 1.55. The number of phenolic OH excluding ortho intramolecular Hbond substituents is 1. The zero-order valence-corrected chi connectivity index (χ0v) is 8.45. The fourth-order valence-electron chi connectivity index (χ4n) is 1.30. The van der Waals surface area contributed by atoms with Crippen LogP contribution in [0.15, 0.2) is 25.3 Å². The van der Waals surface area contributed by atoms with Crippen LogP contribution in [-0.4, -0.2) is 16.2 Å². The highest BCUT2D eigenvalue weighted by Crippen LogP contribution is 2.27. The minimum Gasteiger partial charge on any atom is -0.507 e. The fourth-order valence-corrected chi connectivity index (χ4v) is 1.30. The van der Waals surface area contributed by atoms with Crippen molar-refractivity contribution in [3.63, 3.8) is 0 Å². The van der Waals surface area contributed by atoms with Crippen molar-refractivity contribution < 1.29 is 15.0 Å². The molecule has 0 aliphatic carbocycles. The summed E-state index contributed by atoms with van der Waals surface area (Å²) in [5.74, 6) is -1.04. The maximum atomic E-state index is 10.9. The number of aromatic hydroxyl groups is 1. The number of benzene rings is 1. The van der Waals surface area contributed by atoms with Gasteiger partial charge in [-0.15, -0.1) is 0 Å². The molecule has 0 fully saturated rings. The van der Waals surface area contributed by atoms with E-state index in [2.05, 4.69) is 13.2 Å². The van der Waals surface area contributed by atoms with Gasteiger partial charge in [0.2, 0.25) is 0 Å². The summed E-state index contributed by atoms with van der Waals surface area (Å²) in [5, 5.41) is 18.5. The maximum absolute atomic E-state index is 10.9. The van der Waals surface area contributed by atoms with E-state index in [0.717, 1.165) is 0 Å². The first kappa shape index (κ1) is 11.0. The van der Waals surface area contributed by atoms with Crippen molar-refractivity contribution in [2.45, 2.75) is 6.92 Å². The Morgan fingerprint density at radius 3 is 2.40 bits per heavy atom. The van der Waals surface area contributed by atoms with Gasteiger partial charge in [-0.25, -0.2) is 4.79 Å². The lowest BCUT2D eigenvalue weighted by molar-refractivity contribution is 0.0696. The lowest BCUT2D eigenvalue weighted by atomic mass is 9.98. The predicted molar refractivity (Wildman–Crippen MR) is 59.9 cm³/mol. The van der Waals surface area contributed by atoms with E-state index in [9.17, 15) is 9.90 Å². The molecule has 1 aromatic rings. The molecule has 0 atom stereocenters. The van der Waals surface area contributed by atoms with Crippen molar-refractivity contribution in [2.75, 3.05) is 0 Å². The average Bonchev–Trinajstić information content (AvgIpc) is 2.16. The van der Waals surface area contributed by atoms with Crippen LogP contribution in [0.1, 0.15) is 28.4 Å². The number of phenols is 1. The molecule has 0 radical (unpaired) electrons. The molecule has 0 bridgehead atoms. The Morgan fingerprint density at radius 2 is 2.00 bits per heavy atom. The first-order valence-electron chi connectivity index (χ1n) is 4.36. The van der Waals surface area contributed by atoms with Crippen LogP contribution in [0.4, 0.5) is 0 Å². The van der Waals surface area contributed by atoms with Gasteiger partial charge in [-0.1, -0.05) is 24.8 Å². The van der Waals surface area contributed by atoms with Gasteiger partial charge in [0.15, 0.2) is 0 Å². The van der Waals surface area contributed by atoms with Crippen LogP contribution in [0.2, 0.25) is 0 Å². The first-order chi connectivity index (χ1) is 6.97. The van der Waals surface area contributed by atoms with Gasteiger partial charge in [-0.3, -0.25) is 0 Å². The number of aromatic carboxylic acids is 1. The zero-order chi connectivity index (χ0) is 11.6. The van der Waals surface area contributed by atoms with Crippen LogP contribution >= 0.6 is 0 Å². The summed E-state index contributed by atoms with van der Waals surface area (Å²) in [7, 11) is 0. The third kappa shape index (κ3) is 2.07. The molecule has 3 nitrogen and oxygen atoms in total. The Balaban J connectivity index is 3.52. The number of carboxylic acid groups (broad SMARTS) is 1. The summed E-state index contributed by atoms with van der Waals surface area (Å²) in [6.07, 6.45) is 1.41. The average molecular weight is 204 g/mol. The van der Waals surface area contributed by atoms with Gasteiger partial charge in [0.05, 0.1) is 5.56 Å². The van der Waals surface area contributed by atoms with Gasteiger partial charge in [0.25, 0.3) is 0 Å². The second-order valence-electron chi connectivity index (χ2n) is 3.25. The number of carboxylic acids is 1. The van der Waals surface area contributed by atoms with Crippen LogP contribution in [0.25, 0.3) is 11.6 Å². The van der Waals surface area contributed by atoms with Crippen LogP contribution in [0.3, 0.4) is 0 Å². The van der Waals surface area contributed by atoms with E-state index >= 15 is 0 Å². The molecule has 1 aromatic carbocycles. The summed E-state index contributed by atoms with van der Waals surface area (Å²) >= 11 is 0. The molecular weight excluding hydrogens is 192 g/mol. The van der Waals surface area contributed by atoms with Gasteiger partial charge in [0.1, 0.15) is 5.75 Å². The molecule has 78 valence electrons. The van der Waals surface area contributed by atoms with Crippen molar-refractivity contribution in [3.8, 4) is 5.75 Å². The molecular formula is C12H12O3. The molecule has 0 saturated carbocycles. The third-order valence-electron chi connectivity index (χ3n) is 2.08. The molecule has 0 unspecified atom stereocenters. The van der Waals surface area contributed by atoms with Gasteiger partial charge in [-0.2, -0.15) is 0 Å². The molecule has 0 aromatic heterocycles. The van der Waals surface area contributed by atoms with Gasteiger partial charge >= 0.3 is 5.97 Å². The standard InChI is InChI=1S/C12H12O3/c1-4-8-5-10(12(14)15)9(7(2)3)6-11(8)13/h4-6,13H,1-2H2,3H3,(H,14,15). The van der Waals surface area contributed by atoms with Crippen LogP contribution in [0, 0.1) is 0 Å². The van der Waals surface area contributed by atoms with Gasteiger partial charge in [0, 0.05) is 5.56 Å². The highest BCUT2D eigenvalue weighted by Gasteiger charge is 2.13. The highest BCUT2D eigenvalue weighted by molar-refractivity contribution is 5.95. The molecule has 1 rings (SSSR count). The van der Waals surface area contributed by atoms with Crippen LogP contribution in [0.5, 0.6) is 5.75 Å². The van der Waals surface area contributed by atoms with E-state index in [4.69, 9.17) is 5.11 Å². The molecule has 15 heavy (non-hydrogen) atoms. The number of allylic oxidation sites excluding steroid dienone is 1. The second-order valence-corrected chi connectivity index (χ2v) is 3.25. The lowest BCUT2D eigenvalue weighted by Gasteiger charge is -2.08. The molecule has 0 aliphatic rings. The first-order valence-corrected chi connectivity index (χ1v) is 4.36. The van der Waals surface area contributed by atoms with Crippen LogP contribution in [-0.2, 0) is 0 Å². The Kier molecular flexibility index (Phi) is 2.95. The van der Waals surface area contributed by atoms with E-state index < -0.39 is 5.97 Å². The van der Waals surface area contributed by atoms with Gasteiger partial charge in [-0.05, 0) is 24.6 Å². The van der Waals surface area contributed by atoms with Crippen molar-refractivity contribution in [1.82, 2.24) is 0 Å². The van der Waals surface area contributed by atoms with E-state index in [0.29, 0.717) is 16.7 Å². The van der Waals surface area contributed by atoms with E-state index in [-0.39, 0.29) is 11.3 Å².